The molecule has 9 heteroatoms. The third-order valence-corrected chi connectivity index (χ3v) is 5.41. The molecule has 0 aromatic carbocycles. The standard InChI is InChI=1S/C14H20N4O4S/c1-9-6-12(10(2)22-9)23(19,20)17-11-4-5-14-15-13(8-21-3)16-18(14)7-11/h6,11,17H,4-5,7-8H2,1-3H3/t11-/m1/s1. The Balaban J connectivity index is 1.75. The quantitative estimate of drug-likeness (QED) is 0.869. The average molecular weight is 340 g/mol. The number of ether oxygens (including phenoxy) is 1. The van der Waals surface area contributed by atoms with Gasteiger partial charge < -0.3 is 9.15 Å². The van der Waals surface area contributed by atoms with Crippen molar-refractivity contribution < 1.29 is 17.6 Å². The van der Waals surface area contributed by atoms with Gasteiger partial charge in [0, 0.05) is 19.6 Å². The van der Waals surface area contributed by atoms with Gasteiger partial charge in [0.2, 0.25) is 10.0 Å². The molecule has 0 unspecified atom stereocenters. The Morgan fingerprint density at radius 1 is 1.48 bits per heavy atom. The summed E-state index contributed by atoms with van der Waals surface area (Å²) in [4.78, 5) is 4.58. The van der Waals surface area contributed by atoms with Crippen LogP contribution in [0, 0.1) is 13.8 Å². The number of fused-ring (bicyclic) bond motifs is 1. The number of hydrogen-bond acceptors (Lipinski definition) is 6. The summed E-state index contributed by atoms with van der Waals surface area (Å²) >= 11 is 0. The topological polar surface area (TPSA) is 99.2 Å². The molecule has 2 aromatic rings. The van der Waals surface area contributed by atoms with Crippen LogP contribution in [0.4, 0.5) is 0 Å². The number of methoxy groups -OCH3 is 1. The molecule has 1 atom stereocenters. The third-order valence-electron chi connectivity index (χ3n) is 3.78. The number of rotatable bonds is 5. The molecule has 2 aromatic heterocycles. The van der Waals surface area contributed by atoms with E-state index in [1.165, 1.54) is 6.07 Å². The van der Waals surface area contributed by atoms with E-state index >= 15 is 0 Å². The molecule has 0 radical (unpaired) electrons. The Morgan fingerprint density at radius 2 is 2.26 bits per heavy atom. The van der Waals surface area contributed by atoms with E-state index in [0.29, 0.717) is 43.3 Å². The molecule has 0 fully saturated rings. The van der Waals surface area contributed by atoms with Crippen molar-refractivity contribution in [2.75, 3.05) is 7.11 Å². The van der Waals surface area contributed by atoms with Gasteiger partial charge in [0.25, 0.3) is 0 Å². The van der Waals surface area contributed by atoms with Crippen LogP contribution in [0.2, 0.25) is 0 Å². The van der Waals surface area contributed by atoms with Crippen LogP contribution in [0.3, 0.4) is 0 Å². The summed E-state index contributed by atoms with van der Waals surface area (Å²) in [5.74, 6) is 2.46. The second-order valence-corrected chi connectivity index (χ2v) is 7.38. The van der Waals surface area contributed by atoms with Crippen molar-refractivity contribution >= 4 is 10.0 Å². The van der Waals surface area contributed by atoms with Crippen molar-refractivity contribution in [1.29, 1.82) is 0 Å². The number of nitrogens with zero attached hydrogens (tertiary/aromatic N) is 3. The third kappa shape index (κ3) is 3.31. The van der Waals surface area contributed by atoms with Crippen LogP contribution in [0.15, 0.2) is 15.4 Å². The summed E-state index contributed by atoms with van der Waals surface area (Å²) in [5, 5.41) is 4.34. The predicted octanol–water partition coefficient (Wildman–Crippen LogP) is 0.928. The monoisotopic (exact) mass is 340 g/mol. The first-order valence-electron chi connectivity index (χ1n) is 7.40. The van der Waals surface area contributed by atoms with Crippen molar-refractivity contribution in [1.82, 2.24) is 19.5 Å². The van der Waals surface area contributed by atoms with Crippen LogP contribution in [0.5, 0.6) is 0 Å². The second kappa shape index (κ2) is 6.06. The Morgan fingerprint density at radius 3 is 2.91 bits per heavy atom. The molecular formula is C14H20N4O4S. The van der Waals surface area contributed by atoms with Gasteiger partial charge in [-0.05, 0) is 26.3 Å². The fraction of sp³-hybridized carbons (Fsp3) is 0.571. The van der Waals surface area contributed by atoms with E-state index in [2.05, 4.69) is 14.8 Å². The van der Waals surface area contributed by atoms with Crippen LogP contribution in [0.1, 0.15) is 29.6 Å². The lowest BCUT2D eigenvalue weighted by Gasteiger charge is -2.23. The number of sulfonamides is 1. The van der Waals surface area contributed by atoms with E-state index in [4.69, 9.17) is 9.15 Å². The normalized spacial score (nSPS) is 18.1. The Bertz CT molecular complexity index is 809. The molecular weight excluding hydrogens is 320 g/mol. The molecule has 8 nitrogen and oxygen atoms in total. The van der Waals surface area contributed by atoms with Crippen LogP contribution in [0.25, 0.3) is 0 Å². The molecule has 3 heterocycles. The molecule has 0 aliphatic carbocycles. The van der Waals surface area contributed by atoms with E-state index in [1.54, 1.807) is 25.6 Å². The van der Waals surface area contributed by atoms with Gasteiger partial charge in [-0.2, -0.15) is 5.10 Å². The first-order valence-corrected chi connectivity index (χ1v) is 8.88. The first-order chi connectivity index (χ1) is 10.9. The summed E-state index contributed by atoms with van der Waals surface area (Å²) < 4.78 is 39.9. The molecule has 0 bridgehead atoms. The van der Waals surface area contributed by atoms with Gasteiger partial charge in [0.05, 0.1) is 6.54 Å². The zero-order valence-corrected chi connectivity index (χ0v) is 14.2. The summed E-state index contributed by atoms with van der Waals surface area (Å²) in [6.07, 6.45) is 1.35. The zero-order valence-electron chi connectivity index (χ0n) is 13.4. The van der Waals surface area contributed by atoms with Crippen molar-refractivity contribution in [2.24, 2.45) is 0 Å². The maximum Gasteiger partial charge on any atom is 0.244 e. The summed E-state index contributed by atoms with van der Waals surface area (Å²) in [7, 11) is -2.02. The number of aryl methyl sites for hydroxylation is 3. The van der Waals surface area contributed by atoms with E-state index < -0.39 is 10.0 Å². The largest absolute Gasteiger partial charge is 0.465 e. The molecule has 0 saturated carbocycles. The Labute approximate surface area is 134 Å². The highest BCUT2D eigenvalue weighted by Gasteiger charge is 2.28. The number of hydrogen-bond donors (Lipinski definition) is 1. The molecule has 0 saturated heterocycles. The molecule has 1 aliphatic rings. The van der Waals surface area contributed by atoms with E-state index in [0.717, 1.165) is 5.82 Å². The summed E-state index contributed by atoms with van der Waals surface area (Å²) in [6, 6.07) is 1.32. The summed E-state index contributed by atoms with van der Waals surface area (Å²) in [6.45, 7) is 4.19. The highest BCUT2D eigenvalue weighted by Crippen LogP contribution is 2.21. The van der Waals surface area contributed by atoms with Crippen LogP contribution in [-0.4, -0.2) is 36.3 Å². The van der Waals surface area contributed by atoms with Gasteiger partial charge in [-0.25, -0.2) is 22.8 Å². The molecule has 1 N–H and O–H groups in total. The van der Waals surface area contributed by atoms with E-state index in [-0.39, 0.29) is 10.9 Å². The Kier molecular flexibility index (Phi) is 4.26. The minimum atomic E-state index is -3.61. The van der Waals surface area contributed by atoms with Gasteiger partial charge in [-0.15, -0.1) is 0 Å². The maximum atomic E-state index is 12.5. The molecule has 0 spiro atoms. The fourth-order valence-corrected chi connectivity index (χ4v) is 4.30. The SMILES string of the molecule is COCc1nc2n(n1)C[C@H](NS(=O)(=O)c1cc(C)oc1C)CC2. The van der Waals surface area contributed by atoms with Gasteiger partial charge in [0.1, 0.15) is 28.8 Å². The van der Waals surface area contributed by atoms with Gasteiger partial charge in [-0.1, -0.05) is 0 Å². The molecule has 3 rings (SSSR count). The van der Waals surface area contributed by atoms with Crippen molar-refractivity contribution in [3.8, 4) is 0 Å². The highest BCUT2D eigenvalue weighted by molar-refractivity contribution is 7.89. The van der Waals surface area contributed by atoms with Crippen molar-refractivity contribution in [3.63, 3.8) is 0 Å². The lowest BCUT2D eigenvalue weighted by atomic mass is 10.1. The minimum Gasteiger partial charge on any atom is -0.465 e. The molecule has 1 aliphatic heterocycles. The minimum absolute atomic E-state index is 0.194. The lowest BCUT2D eigenvalue weighted by Crippen LogP contribution is -2.41. The molecule has 23 heavy (non-hydrogen) atoms. The van der Waals surface area contributed by atoms with Crippen LogP contribution in [-0.2, 0) is 34.3 Å². The van der Waals surface area contributed by atoms with Crippen LogP contribution < -0.4 is 4.72 Å². The highest BCUT2D eigenvalue weighted by atomic mass is 32.2. The van der Waals surface area contributed by atoms with Crippen molar-refractivity contribution in [2.45, 2.75) is 50.8 Å². The number of furan rings is 1. The maximum absolute atomic E-state index is 12.5. The molecule has 0 amide bonds. The summed E-state index contributed by atoms with van der Waals surface area (Å²) in [5.41, 5.74) is 0. The lowest BCUT2D eigenvalue weighted by molar-refractivity contribution is 0.177. The van der Waals surface area contributed by atoms with Gasteiger partial charge in [0.15, 0.2) is 5.82 Å². The fourth-order valence-electron chi connectivity index (χ4n) is 2.80. The zero-order chi connectivity index (χ0) is 16.6. The predicted molar refractivity (Wildman–Crippen MR) is 81.3 cm³/mol. The van der Waals surface area contributed by atoms with E-state index in [1.807, 2.05) is 0 Å². The first kappa shape index (κ1) is 16.2. The Hall–Kier alpha value is -1.71. The van der Waals surface area contributed by atoms with Crippen molar-refractivity contribution in [3.05, 3.63) is 29.2 Å². The number of aromatic nitrogens is 3. The second-order valence-electron chi connectivity index (χ2n) is 5.69. The van der Waals surface area contributed by atoms with Gasteiger partial charge >= 0.3 is 0 Å². The molecule has 126 valence electrons. The number of nitrogens with one attached hydrogen (secondary N) is 1. The smallest absolute Gasteiger partial charge is 0.244 e. The van der Waals surface area contributed by atoms with Gasteiger partial charge in [-0.3, -0.25) is 0 Å². The average Bonchev–Trinajstić information content (AvgIpc) is 3.01. The van der Waals surface area contributed by atoms with Crippen LogP contribution >= 0.6 is 0 Å². The van der Waals surface area contributed by atoms with E-state index in [9.17, 15) is 8.42 Å².